The van der Waals surface area contributed by atoms with Gasteiger partial charge in [0.25, 0.3) is 0 Å². The molecule has 0 aromatic heterocycles. The van der Waals surface area contributed by atoms with Crippen LogP contribution in [0, 0.1) is 6.92 Å². The van der Waals surface area contributed by atoms with Crippen molar-refractivity contribution in [1.29, 1.82) is 0 Å². The summed E-state index contributed by atoms with van der Waals surface area (Å²) in [6.07, 6.45) is 4.30. The largest absolute Gasteiger partial charge is 0.326 e. The molecular weight excluding hydrogens is 324 g/mol. The van der Waals surface area contributed by atoms with Gasteiger partial charge in [-0.05, 0) is 49.9 Å². The van der Waals surface area contributed by atoms with Gasteiger partial charge in [0.1, 0.15) is 0 Å². The minimum atomic E-state index is 0.0233. The molecule has 0 radical (unpaired) electrons. The van der Waals surface area contributed by atoms with E-state index in [1.165, 1.54) is 5.56 Å². The number of amides is 2. The second kappa shape index (κ2) is 10.4. The highest BCUT2D eigenvalue weighted by Gasteiger charge is 2.06. The summed E-state index contributed by atoms with van der Waals surface area (Å²) >= 11 is 0. The zero-order valence-corrected chi connectivity index (χ0v) is 15.7. The third-order valence-electron chi connectivity index (χ3n) is 4.32. The van der Waals surface area contributed by atoms with Gasteiger partial charge in [-0.15, -0.1) is 0 Å². The molecule has 0 saturated carbocycles. The van der Waals surface area contributed by atoms with Crippen LogP contribution in [0.2, 0.25) is 0 Å². The van der Waals surface area contributed by atoms with E-state index in [0.29, 0.717) is 12.8 Å². The van der Waals surface area contributed by atoms with Gasteiger partial charge in [0.15, 0.2) is 0 Å². The van der Waals surface area contributed by atoms with Gasteiger partial charge in [-0.3, -0.25) is 9.59 Å². The molecule has 0 saturated heterocycles. The Hall–Kier alpha value is -2.62. The molecule has 0 bridgehead atoms. The lowest BCUT2D eigenvalue weighted by molar-refractivity contribution is -0.116. The standard InChI is InChI=1S/C22H28N2O2/c1-3-18-9-7-8-10-20(18)24-22(26)12-6-4-5-11-21(25)23-19-15-13-17(2)14-16-19/h7-10,13-16H,3-6,11-12H2,1-2H3,(H,23,25)(H,24,26). The molecular formula is C22H28N2O2. The Morgan fingerprint density at radius 2 is 1.42 bits per heavy atom. The van der Waals surface area contributed by atoms with Gasteiger partial charge in [0.2, 0.25) is 11.8 Å². The zero-order valence-electron chi connectivity index (χ0n) is 15.7. The molecule has 0 aliphatic rings. The van der Waals surface area contributed by atoms with E-state index in [0.717, 1.165) is 42.6 Å². The number of anilines is 2. The predicted molar refractivity (Wildman–Crippen MR) is 107 cm³/mol. The molecule has 0 aliphatic carbocycles. The third kappa shape index (κ3) is 6.71. The molecule has 2 aromatic carbocycles. The molecule has 4 nitrogen and oxygen atoms in total. The Morgan fingerprint density at radius 1 is 0.808 bits per heavy atom. The van der Waals surface area contributed by atoms with Gasteiger partial charge < -0.3 is 10.6 Å². The molecule has 2 amide bonds. The number of unbranched alkanes of at least 4 members (excludes halogenated alkanes) is 2. The van der Waals surface area contributed by atoms with Gasteiger partial charge in [0.05, 0.1) is 0 Å². The number of carbonyl (C=O) groups is 2. The summed E-state index contributed by atoms with van der Waals surface area (Å²) in [7, 11) is 0. The quantitative estimate of drug-likeness (QED) is 0.618. The molecule has 0 atom stereocenters. The number of benzene rings is 2. The highest BCUT2D eigenvalue weighted by Crippen LogP contribution is 2.16. The van der Waals surface area contributed by atoms with Crippen LogP contribution in [0.4, 0.5) is 11.4 Å². The number of nitrogens with one attached hydrogen (secondary N) is 2. The maximum Gasteiger partial charge on any atom is 0.224 e. The molecule has 0 heterocycles. The van der Waals surface area contributed by atoms with Crippen LogP contribution in [0.3, 0.4) is 0 Å². The van der Waals surface area contributed by atoms with Crippen LogP contribution in [0.5, 0.6) is 0 Å². The Bertz CT molecular complexity index is 723. The van der Waals surface area contributed by atoms with E-state index in [9.17, 15) is 9.59 Å². The lowest BCUT2D eigenvalue weighted by atomic mass is 10.1. The Balaban J connectivity index is 1.61. The van der Waals surface area contributed by atoms with Crippen LogP contribution >= 0.6 is 0 Å². The fourth-order valence-corrected chi connectivity index (χ4v) is 2.77. The van der Waals surface area contributed by atoms with E-state index in [4.69, 9.17) is 0 Å². The average Bonchev–Trinajstić information content (AvgIpc) is 2.64. The van der Waals surface area contributed by atoms with E-state index < -0.39 is 0 Å². The first kappa shape index (κ1) is 19.7. The molecule has 0 fully saturated rings. The van der Waals surface area contributed by atoms with E-state index in [-0.39, 0.29) is 11.8 Å². The lowest BCUT2D eigenvalue weighted by Crippen LogP contribution is -2.13. The summed E-state index contributed by atoms with van der Waals surface area (Å²) in [6.45, 7) is 4.09. The summed E-state index contributed by atoms with van der Waals surface area (Å²) < 4.78 is 0. The number of hydrogen-bond acceptors (Lipinski definition) is 2. The summed E-state index contributed by atoms with van der Waals surface area (Å²) in [5, 5.41) is 5.88. The smallest absolute Gasteiger partial charge is 0.224 e. The maximum atomic E-state index is 12.1. The number of hydrogen-bond donors (Lipinski definition) is 2. The van der Waals surface area contributed by atoms with Gasteiger partial charge in [-0.25, -0.2) is 0 Å². The third-order valence-corrected chi connectivity index (χ3v) is 4.32. The van der Waals surface area contributed by atoms with Crippen molar-refractivity contribution in [2.75, 3.05) is 10.6 Å². The predicted octanol–water partition coefficient (Wildman–Crippen LogP) is 5.09. The van der Waals surface area contributed by atoms with Crippen LogP contribution in [-0.4, -0.2) is 11.8 Å². The van der Waals surface area contributed by atoms with E-state index in [1.54, 1.807) is 0 Å². The molecule has 138 valence electrons. The van der Waals surface area contributed by atoms with Crippen molar-refractivity contribution in [2.24, 2.45) is 0 Å². The highest BCUT2D eigenvalue weighted by molar-refractivity contribution is 5.91. The molecule has 0 aliphatic heterocycles. The Morgan fingerprint density at radius 3 is 2.08 bits per heavy atom. The van der Waals surface area contributed by atoms with Crippen LogP contribution in [0.25, 0.3) is 0 Å². The molecule has 2 N–H and O–H groups in total. The second-order valence-corrected chi connectivity index (χ2v) is 6.53. The van der Waals surface area contributed by atoms with Crippen molar-refractivity contribution >= 4 is 23.2 Å². The summed E-state index contributed by atoms with van der Waals surface area (Å²) in [4.78, 5) is 24.0. The number of carbonyl (C=O) groups excluding carboxylic acids is 2. The van der Waals surface area contributed by atoms with Crippen molar-refractivity contribution in [3.8, 4) is 0 Å². The number of aryl methyl sites for hydroxylation is 2. The minimum Gasteiger partial charge on any atom is -0.326 e. The number of para-hydroxylation sites is 1. The summed E-state index contributed by atoms with van der Waals surface area (Å²) in [6, 6.07) is 15.7. The topological polar surface area (TPSA) is 58.2 Å². The van der Waals surface area contributed by atoms with E-state index in [1.807, 2.05) is 55.5 Å². The molecule has 2 aromatic rings. The summed E-state index contributed by atoms with van der Waals surface area (Å²) in [5.41, 5.74) is 4.04. The normalized spacial score (nSPS) is 10.4. The van der Waals surface area contributed by atoms with Crippen LogP contribution < -0.4 is 10.6 Å². The first-order valence-corrected chi connectivity index (χ1v) is 9.32. The maximum absolute atomic E-state index is 12.1. The average molecular weight is 352 g/mol. The minimum absolute atomic E-state index is 0.0233. The lowest BCUT2D eigenvalue weighted by Gasteiger charge is -2.09. The molecule has 0 unspecified atom stereocenters. The van der Waals surface area contributed by atoms with Crippen molar-refractivity contribution in [3.05, 3.63) is 59.7 Å². The Kier molecular flexibility index (Phi) is 7.87. The van der Waals surface area contributed by atoms with Crippen LogP contribution in [0.15, 0.2) is 48.5 Å². The summed E-state index contributed by atoms with van der Waals surface area (Å²) in [5.74, 6) is 0.0604. The Labute approximate surface area is 156 Å². The fraction of sp³-hybridized carbons (Fsp3) is 0.364. The monoisotopic (exact) mass is 352 g/mol. The van der Waals surface area contributed by atoms with Crippen LogP contribution in [-0.2, 0) is 16.0 Å². The SMILES string of the molecule is CCc1ccccc1NC(=O)CCCCCC(=O)Nc1ccc(C)cc1. The first-order chi connectivity index (χ1) is 12.6. The number of rotatable bonds is 9. The van der Waals surface area contributed by atoms with Crippen molar-refractivity contribution < 1.29 is 9.59 Å². The first-order valence-electron chi connectivity index (χ1n) is 9.32. The highest BCUT2D eigenvalue weighted by atomic mass is 16.2. The van der Waals surface area contributed by atoms with E-state index in [2.05, 4.69) is 17.6 Å². The van der Waals surface area contributed by atoms with Gasteiger partial charge in [-0.2, -0.15) is 0 Å². The van der Waals surface area contributed by atoms with Crippen molar-refractivity contribution in [2.45, 2.75) is 52.4 Å². The van der Waals surface area contributed by atoms with Gasteiger partial charge in [0, 0.05) is 24.2 Å². The van der Waals surface area contributed by atoms with E-state index >= 15 is 0 Å². The molecule has 4 heteroatoms. The van der Waals surface area contributed by atoms with Gasteiger partial charge in [-0.1, -0.05) is 49.2 Å². The van der Waals surface area contributed by atoms with Gasteiger partial charge >= 0.3 is 0 Å². The fourth-order valence-electron chi connectivity index (χ4n) is 2.77. The zero-order chi connectivity index (χ0) is 18.8. The molecule has 2 rings (SSSR count). The molecule has 26 heavy (non-hydrogen) atoms. The van der Waals surface area contributed by atoms with Crippen molar-refractivity contribution in [3.63, 3.8) is 0 Å². The molecule has 0 spiro atoms. The van der Waals surface area contributed by atoms with Crippen molar-refractivity contribution in [1.82, 2.24) is 0 Å². The second-order valence-electron chi connectivity index (χ2n) is 6.53. The van der Waals surface area contributed by atoms with Crippen LogP contribution in [0.1, 0.15) is 50.2 Å².